The normalized spacial score (nSPS) is 11.3. The van der Waals surface area contributed by atoms with Gasteiger partial charge in [-0.25, -0.2) is 8.42 Å². The van der Waals surface area contributed by atoms with E-state index in [2.05, 4.69) is 4.72 Å². The molecule has 0 bridgehead atoms. The van der Waals surface area contributed by atoms with E-state index >= 15 is 0 Å². The monoisotopic (exact) mass is 311 g/mol. The molecule has 0 amide bonds. The van der Waals surface area contributed by atoms with Gasteiger partial charge in [-0.05, 0) is 23.6 Å². The van der Waals surface area contributed by atoms with E-state index < -0.39 is 10.0 Å². The molecule has 0 radical (unpaired) electrons. The van der Waals surface area contributed by atoms with Gasteiger partial charge in [0.25, 0.3) is 10.0 Å². The molecule has 0 spiro atoms. The van der Waals surface area contributed by atoms with Crippen molar-refractivity contribution in [3.8, 4) is 0 Å². The van der Waals surface area contributed by atoms with Crippen molar-refractivity contribution in [3.63, 3.8) is 0 Å². The average Bonchev–Trinajstić information content (AvgIpc) is 2.87. The van der Waals surface area contributed by atoms with E-state index in [4.69, 9.17) is 5.73 Å². The number of hydrogen-bond acceptors (Lipinski definition) is 5. The molecule has 3 N–H and O–H groups in total. The fourth-order valence-electron chi connectivity index (χ4n) is 1.87. The Bertz CT molecular complexity index is 693. The molecule has 0 unspecified atom stereocenters. The Balaban J connectivity index is 2.39. The highest BCUT2D eigenvalue weighted by atomic mass is 32.2. The van der Waals surface area contributed by atoms with Crippen LogP contribution in [0.15, 0.2) is 40.6 Å². The third kappa shape index (κ3) is 2.95. The molecule has 20 heavy (non-hydrogen) atoms. The second-order valence-corrected chi connectivity index (χ2v) is 7.08. The first-order chi connectivity index (χ1) is 9.45. The van der Waals surface area contributed by atoms with E-state index in [1.807, 2.05) is 31.1 Å². The summed E-state index contributed by atoms with van der Waals surface area (Å²) >= 11 is 1.34. The number of nitrogens with one attached hydrogen (secondary N) is 1. The lowest BCUT2D eigenvalue weighted by molar-refractivity contribution is 0.600. The van der Waals surface area contributed by atoms with E-state index in [1.54, 1.807) is 23.6 Å². The van der Waals surface area contributed by atoms with Gasteiger partial charge in [0.1, 0.15) is 4.90 Å². The molecule has 0 aliphatic heterocycles. The maximum absolute atomic E-state index is 12.4. The average molecular weight is 311 g/mol. The van der Waals surface area contributed by atoms with E-state index in [-0.39, 0.29) is 11.4 Å². The molecule has 108 valence electrons. The Labute approximate surface area is 123 Å². The molecule has 0 atom stereocenters. The van der Waals surface area contributed by atoms with E-state index in [9.17, 15) is 8.42 Å². The second-order valence-electron chi connectivity index (χ2n) is 4.43. The van der Waals surface area contributed by atoms with Gasteiger partial charge < -0.3 is 10.6 Å². The van der Waals surface area contributed by atoms with Crippen molar-refractivity contribution in [2.75, 3.05) is 23.7 Å². The number of sulfonamides is 1. The zero-order valence-electron chi connectivity index (χ0n) is 11.3. The Morgan fingerprint density at radius 3 is 2.60 bits per heavy atom. The van der Waals surface area contributed by atoms with Gasteiger partial charge in [-0.2, -0.15) is 0 Å². The first-order valence-corrected chi connectivity index (χ1v) is 8.37. The quantitative estimate of drug-likeness (QED) is 0.886. The van der Waals surface area contributed by atoms with Crippen LogP contribution < -0.4 is 15.4 Å². The van der Waals surface area contributed by atoms with Crippen molar-refractivity contribution in [1.29, 1.82) is 0 Å². The molecule has 0 fully saturated rings. The maximum Gasteiger partial charge on any atom is 0.263 e. The third-order valence-corrected chi connectivity index (χ3v) is 5.33. The van der Waals surface area contributed by atoms with Gasteiger partial charge in [-0.3, -0.25) is 4.72 Å². The van der Waals surface area contributed by atoms with Gasteiger partial charge in [0, 0.05) is 25.5 Å². The first kappa shape index (κ1) is 14.8. The number of nitrogens with zero attached hydrogens (tertiary/aromatic N) is 1. The summed E-state index contributed by atoms with van der Waals surface area (Å²) in [5, 5.41) is 1.73. The number of anilines is 2. The molecule has 0 saturated carbocycles. The standard InChI is InChI=1S/C13H17N3O2S2/c1-16(2)11-6-4-3-5-10(11)15-20(17,18)13-7-8-19-12(13)9-14/h3-8,15H,9,14H2,1-2H3. The summed E-state index contributed by atoms with van der Waals surface area (Å²) in [6, 6.07) is 8.83. The fourth-order valence-corrected chi connectivity index (χ4v) is 4.28. The van der Waals surface area contributed by atoms with Crippen LogP contribution in [0, 0.1) is 0 Å². The number of para-hydroxylation sites is 2. The second kappa shape index (κ2) is 5.82. The summed E-state index contributed by atoms with van der Waals surface area (Å²) < 4.78 is 27.5. The van der Waals surface area contributed by atoms with Gasteiger partial charge in [-0.1, -0.05) is 12.1 Å². The van der Waals surface area contributed by atoms with Crippen LogP contribution in [-0.4, -0.2) is 22.5 Å². The lowest BCUT2D eigenvalue weighted by Crippen LogP contribution is -2.18. The largest absolute Gasteiger partial charge is 0.376 e. The van der Waals surface area contributed by atoms with E-state index in [0.29, 0.717) is 10.6 Å². The highest BCUT2D eigenvalue weighted by Crippen LogP contribution is 2.28. The number of hydrogen-bond donors (Lipinski definition) is 2. The van der Waals surface area contributed by atoms with Crippen LogP contribution >= 0.6 is 11.3 Å². The minimum atomic E-state index is -3.62. The molecule has 1 aromatic carbocycles. The van der Waals surface area contributed by atoms with Crippen LogP contribution in [0.3, 0.4) is 0 Å². The van der Waals surface area contributed by atoms with Crippen LogP contribution in [0.25, 0.3) is 0 Å². The van der Waals surface area contributed by atoms with Crippen molar-refractivity contribution in [2.45, 2.75) is 11.4 Å². The molecule has 5 nitrogen and oxygen atoms in total. The zero-order chi connectivity index (χ0) is 14.8. The third-order valence-electron chi connectivity index (χ3n) is 2.81. The van der Waals surface area contributed by atoms with Crippen molar-refractivity contribution >= 4 is 32.7 Å². The molecule has 2 aromatic rings. The Hall–Kier alpha value is -1.57. The molecular weight excluding hydrogens is 294 g/mol. The number of thiophene rings is 1. The summed E-state index contributed by atoms with van der Waals surface area (Å²) in [4.78, 5) is 2.76. The van der Waals surface area contributed by atoms with E-state index in [0.717, 1.165) is 5.69 Å². The van der Waals surface area contributed by atoms with Crippen LogP contribution in [-0.2, 0) is 16.6 Å². The van der Waals surface area contributed by atoms with Crippen molar-refractivity contribution < 1.29 is 8.42 Å². The summed E-state index contributed by atoms with van der Waals surface area (Å²) in [6.07, 6.45) is 0. The molecule has 0 aliphatic rings. The molecule has 2 rings (SSSR count). The van der Waals surface area contributed by atoms with Gasteiger partial charge in [0.2, 0.25) is 0 Å². The van der Waals surface area contributed by atoms with Gasteiger partial charge in [-0.15, -0.1) is 11.3 Å². The van der Waals surface area contributed by atoms with E-state index in [1.165, 1.54) is 11.3 Å². The number of nitrogens with two attached hydrogens (primary N) is 1. The lowest BCUT2D eigenvalue weighted by Gasteiger charge is -2.18. The Kier molecular flexibility index (Phi) is 4.32. The maximum atomic E-state index is 12.4. The molecular formula is C13H17N3O2S2. The molecule has 1 aromatic heterocycles. The predicted octanol–water partition coefficient (Wildman–Crippen LogP) is 2.07. The van der Waals surface area contributed by atoms with Crippen LogP contribution in [0.5, 0.6) is 0 Å². The van der Waals surface area contributed by atoms with Gasteiger partial charge in [0.05, 0.1) is 11.4 Å². The molecule has 7 heteroatoms. The highest BCUT2D eigenvalue weighted by molar-refractivity contribution is 7.93. The first-order valence-electron chi connectivity index (χ1n) is 6.01. The summed E-state index contributed by atoms with van der Waals surface area (Å²) in [5.41, 5.74) is 6.93. The summed E-state index contributed by atoms with van der Waals surface area (Å²) in [7, 11) is 0.113. The van der Waals surface area contributed by atoms with Crippen LogP contribution in [0.4, 0.5) is 11.4 Å². The fraction of sp³-hybridized carbons (Fsp3) is 0.231. The summed E-state index contributed by atoms with van der Waals surface area (Å²) in [5.74, 6) is 0. The van der Waals surface area contributed by atoms with Crippen molar-refractivity contribution in [3.05, 3.63) is 40.6 Å². The molecule has 1 heterocycles. The zero-order valence-corrected chi connectivity index (χ0v) is 13.0. The Morgan fingerprint density at radius 2 is 1.95 bits per heavy atom. The van der Waals surface area contributed by atoms with Gasteiger partial charge >= 0.3 is 0 Å². The lowest BCUT2D eigenvalue weighted by atomic mass is 10.2. The highest BCUT2D eigenvalue weighted by Gasteiger charge is 2.20. The molecule has 0 aliphatic carbocycles. The van der Waals surface area contributed by atoms with Crippen molar-refractivity contribution in [2.24, 2.45) is 5.73 Å². The minimum absolute atomic E-state index is 0.212. The summed E-state index contributed by atoms with van der Waals surface area (Å²) in [6.45, 7) is 0.212. The topological polar surface area (TPSA) is 75.4 Å². The van der Waals surface area contributed by atoms with Crippen LogP contribution in [0.1, 0.15) is 4.88 Å². The van der Waals surface area contributed by atoms with Crippen molar-refractivity contribution in [1.82, 2.24) is 0 Å². The number of rotatable bonds is 5. The predicted molar refractivity (Wildman–Crippen MR) is 83.8 cm³/mol. The molecule has 0 saturated heterocycles. The number of benzene rings is 1. The smallest absolute Gasteiger partial charge is 0.263 e. The SMILES string of the molecule is CN(C)c1ccccc1NS(=O)(=O)c1ccsc1CN. The minimum Gasteiger partial charge on any atom is -0.376 e. The van der Waals surface area contributed by atoms with Gasteiger partial charge in [0.15, 0.2) is 0 Å². The van der Waals surface area contributed by atoms with Crippen LogP contribution in [0.2, 0.25) is 0 Å². The Morgan fingerprint density at radius 1 is 1.25 bits per heavy atom.